The molecule has 1 heterocycles. The van der Waals surface area contributed by atoms with Crippen LogP contribution in [0.3, 0.4) is 0 Å². The van der Waals surface area contributed by atoms with Gasteiger partial charge in [-0.2, -0.15) is 0 Å². The van der Waals surface area contributed by atoms with Crippen molar-refractivity contribution in [2.75, 3.05) is 0 Å². The van der Waals surface area contributed by atoms with E-state index in [1.54, 1.807) is 31.2 Å². The number of primary sulfonamides is 1. The fourth-order valence-corrected chi connectivity index (χ4v) is 2.74. The number of halogens is 1. The summed E-state index contributed by atoms with van der Waals surface area (Å²) in [5, 5.41) is 5.09. The minimum absolute atomic E-state index is 0.0146. The molecule has 0 spiro atoms. The zero-order valence-electron chi connectivity index (χ0n) is 12.2. The van der Waals surface area contributed by atoms with Gasteiger partial charge in [-0.15, -0.1) is 0 Å². The van der Waals surface area contributed by atoms with Gasteiger partial charge in [-0.05, 0) is 48.5 Å². The van der Waals surface area contributed by atoms with Crippen LogP contribution in [-0.2, 0) is 10.0 Å². The maximum Gasteiger partial charge on any atom is 0.238 e. The summed E-state index contributed by atoms with van der Waals surface area (Å²) in [6.45, 7) is 1.70. The molecule has 0 aliphatic heterocycles. The molecule has 0 amide bonds. The Kier molecular flexibility index (Phi) is 3.75. The Morgan fingerprint density at radius 3 is 2.13 bits per heavy atom. The Balaban J connectivity index is 2.09. The number of hydrogen-bond acceptors (Lipinski definition) is 4. The molecule has 0 atom stereocenters. The van der Waals surface area contributed by atoms with E-state index in [0.29, 0.717) is 28.5 Å². The van der Waals surface area contributed by atoms with Gasteiger partial charge in [0.1, 0.15) is 11.5 Å². The van der Waals surface area contributed by atoms with Crippen LogP contribution in [0.2, 0.25) is 0 Å². The maximum absolute atomic E-state index is 13.1. The van der Waals surface area contributed by atoms with Gasteiger partial charge in [-0.3, -0.25) is 0 Å². The number of hydrogen-bond donors (Lipinski definition) is 1. The second-order valence-corrected chi connectivity index (χ2v) is 6.55. The molecule has 7 heteroatoms. The van der Waals surface area contributed by atoms with Gasteiger partial charge < -0.3 is 4.42 Å². The van der Waals surface area contributed by atoms with E-state index >= 15 is 0 Å². The lowest BCUT2D eigenvalue weighted by atomic mass is 10.1. The molecule has 0 fully saturated rings. The van der Waals surface area contributed by atoms with E-state index in [1.807, 2.05) is 0 Å². The van der Waals surface area contributed by atoms with Crippen LogP contribution in [0.5, 0.6) is 0 Å². The zero-order valence-corrected chi connectivity index (χ0v) is 13.0. The third-order valence-corrected chi connectivity index (χ3v) is 4.23. The summed E-state index contributed by atoms with van der Waals surface area (Å²) in [5.74, 6) is 0.595. The Hall–Kier alpha value is -2.51. The van der Waals surface area contributed by atoms with Gasteiger partial charge in [0.25, 0.3) is 0 Å². The van der Waals surface area contributed by atoms with Gasteiger partial charge in [-0.25, -0.2) is 22.9 Å². The van der Waals surface area contributed by atoms with Gasteiger partial charge in [0.05, 0.1) is 4.90 Å². The van der Waals surface area contributed by atoms with Crippen molar-refractivity contribution in [3.8, 4) is 22.6 Å². The lowest BCUT2D eigenvalue weighted by molar-refractivity contribution is 0.534. The van der Waals surface area contributed by atoms with Crippen molar-refractivity contribution < 1.29 is 17.2 Å². The quantitative estimate of drug-likeness (QED) is 0.799. The molecule has 0 bridgehead atoms. The van der Waals surface area contributed by atoms with Gasteiger partial charge >= 0.3 is 0 Å². The van der Waals surface area contributed by atoms with Crippen LogP contribution in [0.4, 0.5) is 4.39 Å². The highest BCUT2D eigenvalue weighted by Crippen LogP contribution is 2.33. The van der Waals surface area contributed by atoms with Crippen LogP contribution in [-0.4, -0.2) is 13.4 Å². The first kappa shape index (κ1) is 15.4. The molecule has 0 radical (unpaired) electrons. The molecule has 0 unspecified atom stereocenters. The van der Waals surface area contributed by atoms with Crippen LogP contribution < -0.4 is 5.14 Å². The predicted molar refractivity (Wildman–Crippen MR) is 83.4 cm³/mol. The number of nitrogens with two attached hydrogens (primary N) is 1. The molecule has 2 aromatic carbocycles. The number of nitrogens with zero attached hydrogens (tertiary/aromatic N) is 1. The van der Waals surface area contributed by atoms with E-state index in [-0.39, 0.29) is 10.7 Å². The second kappa shape index (κ2) is 5.60. The highest BCUT2D eigenvalue weighted by molar-refractivity contribution is 7.89. The van der Waals surface area contributed by atoms with Crippen molar-refractivity contribution in [2.24, 2.45) is 5.14 Å². The van der Waals surface area contributed by atoms with Crippen LogP contribution >= 0.6 is 0 Å². The SMILES string of the molecule is Cc1nc(-c2ccc([18F])cc2)c(-c2ccc(S(N)(=O)=O)cc2)o1. The van der Waals surface area contributed by atoms with Gasteiger partial charge in [0.15, 0.2) is 11.7 Å². The Morgan fingerprint density at radius 2 is 1.57 bits per heavy atom. The Bertz CT molecular complexity index is 946. The van der Waals surface area contributed by atoms with Crippen LogP contribution in [0.15, 0.2) is 57.8 Å². The van der Waals surface area contributed by atoms with E-state index in [9.17, 15) is 12.8 Å². The van der Waals surface area contributed by atoms with Crippen molar-refractivity contribution in [1.29, 1.82) is 0 Å². The first-order valence-electron chi connectivity index (χ1n) is 6.71. The molecule has 0 aliphatic rings. The summed E-state index contributed by atoms with van der Waals surface area (Å²) >= 11 is 0. The standard InChI is InChI=1S/C16H13FN2O3S/c1-10-19-15(11-2-6-13(17)7-3-11)16(22-10)12-4-8-14(9-5-12)23(18,20)21/h2-9H,1H3,(H2,18,20,21)/i17-1. The largest absolute Gasteiger partial charge is 0.440 e. The Labute approximate surface area is 132 Å². The summed E-state index contributed by atoms with van der Waals surface area (Å²) in [7, 11) is -3.75. The highest BCUT2D eigenvalue weighted by atomic mass is 32.2. The summed E-state index contributed by atoms with van der Waals surface area (Å²) in [4.78, 5) is 4.34. The smallest absolute Gasteiger partial charge is 0.238 e. The minimum atomic E-state index is -3.75. The van der Waals surface area contributed by atoms with Crippen molar-refractivity contribution in [2.45, 2.75) is 11.8 Å². The molecule has 3 aromatic rings. The number of aromatic nitrogens is 1. The Morgan fingerprint density at radius 1 is 1.00 bits per heavy atom. The molecular weight excluding hydrogens is 318 g/mol. The number of oxazole rings is 1. The third kappa shape index (κ3) is 3.15. The van der Waals surface area contributed by atoms with Crippen molar-refractivity contribution in [3.63, 3.8) is 0 Å². The molecule has 3 rings (SSSR count). The monoisotopic (exact) mass is 331 g/mol. The second-order valence-electron chi connectivity index (χ2n) is 4.99. The summed E-state index contributed by atoms with van der Waals surface area (Å²) < 4.78 is 41.3. The number of rotatable bonds is 3. The lowest BCUT2D eigenvalue weighted by Gasteiger charge is -2.03. The van der Waals surface area contributed by atoms with Crippen LogP contribution in [0, 0.1) is 12.7 Å². The first-order valence-corrected chi connectivity index (χ1v) is 8.26. The van der Waals surface area contributed by atoms with Crippen molar-refractivity contribution in [1.82, 2.24) is 4.98 Å². The maximum atomic E-state index is 13.1. The van der Waals surface area contributed by atoms with Crippen molar-refractivity contribution >= 4 is 10.0 Å². The van der Waals surface area contributed by atoms with E-state index in [0.717, 1.165) is 0 Å². The molecule has 1 aromatic heterocycles. The molecule has 5 nitrogen and oxygen atoms in total. The topological polar surface area (TPSA) is 86.2 Å². The van der Waals surface area contributed by atoms with Crippen LogP contribution in [0.1, 0.15) is 5.89 Å². The van der Waals surface area contributed by atoms with E-state index in [4.69, 9.17) is 9.56 Å². The average Bonchev–Trinajstić information content (AvgIpc) is 2.89. The van der Waals surface area contributed by atoms with E-state index in [2.05, 4.69) is 4.98 Å². The van der Waals surface area contributed by atoms with Gasteiger partial charge in [0, 0.05) is 18.1 Å². The average molecular weight is 331 g/mol. The fraction of sp³-hybridized carbons (Fsp3) is 0.0625. The molecular formula is C16H13FN2O3S. The molecule has 0 saturated carbocycles. The number of sulfonamides is 1. The first-order chi connectivity index (χ1) is 10.8. The molecule has 0 aliphatic carbocycles. The van der Waals surface area contributed by atoms with E-state index in [1.165, 1.54) is 24.3 Å². The summed E-state index contributed by atoms with van der Waals surface area (Å²) in [6.07, 6.45) is 0. The molecule has 2 N–H and O–H groups in total. The lowest BCUT2D eigenvalue weighted by Crippen LogP contribution is -2.11. The van der Waals surface area contributed by atoms with E-state index < -0.39 is 10.0 Å². The third-order valence-electron chi connectivity index (χ3n) is 3.30. The fourth-order valence-electron chi connectivity index (χ4n) is 2.22. The minimum Gasteiger partial charge on any atom is -0.440 e. The molecule has 0 saturated heterocycles. The van der Waals surface area contributed by atoms with Crippen LogP contribution in [0.25, 0.3) is 22.6 Å². The number of aryl methyl sites for hydroxylation is 1. The van der Waals surface area contributed by atoms with Gasteiger partial charge in [0.2, 0.25) is 10.0 Å². The molecule has 118 valence electrons. The zero-order chi connectivity index (χ0) is 16.6. The van der Waals surface area contributed by atoms with Crippen molar-refractivity contribution in [3.05, 3.63) is 60.2 Å². The number of benzene rings is 2. The summed E-state index contributed by atoms with van der Waals surface area (Å²) in [6, 6.07) is 11.9. The highest BCUT2D eigenvalue weighted by Gasteiger charge is 2.16. The molecule has 23 heavy (non-hydrogen) atoms. The normalized spacial score (nSPS) is 11.6. The summed E-state index contributed by atoms with van der Waals surface area (Å²) in [5.41, 5.74) is 1.91. The van der Waals surface area contributed by atoms with Gasteiger partial charge in [-0.1, -0.05) is 0 Å². The predicted octanol–water partition coefficient (Wildman–Crippen LogP) is 3.10.